The number of nitrogens with zero attached hydrogens (tertiary/aromatic N) is 4. The third kappa shape index (κ3) is 9.14. The molecule has 1 aromatic heterocycles. The molecule has 1 aliphatic heterocycles. The molecule has 9 heteroatoms. The van der Waals surface area contributed by atoms with Crippen LogP contribution in [0, 0.1) is 0 Å². The first-order valence-electron chi connectivity index (χ1n) is 11.7. The Balaban J connectivity index is 2.01. The molecule has 0 spiro atoms. The topological polar surface area (TPSA) is 105 Å². The fourth-order valence-electron chi connectivity index (χ4n) is 3.52. The summed E-state index contributed by atoms with van der Waals surface area (Å²) < 4.78 is 7.58. The van der Waals surface area contributed by atoms with Gasteiger partial charge in [0, 0.05) is 32.1 Å². The fourth-order valence-corrected chi connectivity index (χ4v) is 3.52. The molecule has 9 nitrogen and oxygen atoms in total. The Morgan fingerprint density at radius 1 is 1.19 bits per heavy atom. The minimum absolute atomic E-state index is 0.0563. The highest BCUT2D eigenvalue weighted by atomic mass is 16.6. The first-order valence-corrected chi connectivity index (χ1v) is 11.7. The molecule has 2 heterocycles. The Labute approximate surface area is 186 Å². The van der Waals surface area contributed by atoms with E-state index in [4.69, 9.17) is 9.73 Å². The van der Waals surface area contributed by atoms with Gasteiger partial charge in [-0.2, -0.15) is 0 Å². The Bertz CT molecular complexity index is 709. The van der Waals surface area contributed by atoms with Crippen molar-refractivity contribution >= 4 is 12.1 Å². The Morgan fingerprint density at radius 2 is 2.00 bits per heavy atom. The van der Waals surface area contributed by atoms with Crippen molar-refractivity contribution in [3.05, 3.63) is 11.6 Å². The number of carbonyl (C=O) groups is 1. The monoisotopic (exact) mass is 435 g/mol. The molecule has 31 heavy (non-hydrogen) atoms. The number of fused-ring (bicyclic) bond motifs is 1. The van der Waals surface area contributed by atoms with Gasteiger partial charge >= 0.3 is 6.09 Å². The van der Waals surface area contributed by atoms with Gasteiger partial charge in [-0.25, -0.2) is 9.79 Å². The third-order valence-electron chi connectivity index (χ3n) is 5.05. The molecule has 3 N–H and O–H groups in total. The number of aliphatic imine (C=N–C) groups is 1. The molecule has 0 saturated carbocycles. The summed E-state index contributed by atoms with van der Waals surface area (Å²) in [6.45, 7) is 12.5. The van der Waals surface area contributed by atoms with Crippen LogP contribution in [-0.2, 0) is 24.2 Å². The second kappa shape index (κ2) is 12.5. The van der Waals surface area contributed by atoms with Crippen molar-refractivity contribution in [1.29, 1.82) is 0 Å². The van der Waals surface area contributed by atoms with Crippen molar-refractivity contribution < 1.29 is 9.53 Å². The maximum Gasteiger partial charge on any atom is 0.407 e. The molecule has 176 valence electrons. The number of carbonyl (C=O) groups excluding carboxylic acids is 1. The number of nitrogens with one attached hydrogen (secondary N) is 3. The molecule has 1 unspecified atom stereocenters. The van der Waals surface area contributed by atoms with E-state index < -0.39 is 11.7 Å². The number of amides is 1. The number of hydrogen-bond donors (Lipinski definition) is 3. The highest BCUT2D eigenvalue weighted by Crippen LogP contribution is 2.15. The number of hydrogen-bond acceptors (Lipinski definition) is 5. The fraction of sp³-hybridized carbons (Fsp3) is 0.818. The van der Waals surface area contributed by atoms with Crippen LogP contribution in [0.3, 0.4) is 0 Å². The van der Waals surface area contributed by atoms with Crippen LogP contribution in [0.2, 0.25) is 0 Å². The second-order valence-corrected chi connectivity index (χ2v) is 9.06. The van der Waals surface area contributed by atoms with Gasteiger partial charge in [0.2, 0.25) is 0 Å². The van der Waals surface area contributed by atoms with E-state index in [1.54, 1.807) is 0 Å². The minimum Gasteiger partial charge on any atom is -0.444 e. The zero-order valence-electron chi connectivity index (χ0n) is 20.0. The number of unbranched alkanes of at least 4 members (excludes halogenated alkanes) is 1. The van der Waals surface area contributed by atoms with Gasteiger partial charge in [0.1, 0.15) is 18.0 Å². The van der Waals surface area contributed by atoms with Gasteiger partial charge in [-0.05, 0) is 47.0 Å². The van der Waals surface area contributed by atoms with Gasteiger partial charge in [0.25, 0.3) is 0 Å². The molecule has 0 bridgehead atoms. The van der Waals surface area contributed by atoms with E-state index in [1.165, 1.54) is 12.8 Å². The lowest BCUT2D eigenvalue weighted by atomic mass is 10.1. The lowest BCUT2D eigenvalue weighted by Crippen LogP contribution is -2.49. The Morgan fingerprint density at radius 3 is 2.71 bits per heavy atom. The smallest absolute Gasteiger partial charge is 0.407 e. The van der Waals surface area contributed by atoms with Crippen LogP contribution in [-0.4, -0.2) is 51.5 Å². The lowest BCUT2D eigenvalue weighted by molar-refractivity contribution is 0.0522. The summed E-state index contributed by atoms with van der Waals surface area (Å²) in [6, 6.07) is 0.0563. The van der Waals surface area contributed by atoms with E-state index in [-0.39, 0.29) is 6.04 Å². The Hall–Kier alpha value is -2.32. The van der Waals surface area contributed by atoms with Crippen molar-refractivity contribution in [3.8, 4) is 0 Å². The van der Waals surface area contributed by atoms with E-state index in [0.717, 1.165) is 62.8 Å². The largest absolute Gasteiger partial charge is 0.444 e. The molecular formula is C22H41N7O2. The molecule has 1 aliphatic rings. The summed E-state index contributed by atoms with van der Waals surface area (Å²) in [4.78, 5) is 16.8. The molecule has 2 rings (SSSR count). The van der Waals surface area contributed by atoms with Crippen molar-refractivity contribution in [2.24, 2.45) is 4.99 Å². The first-order chi connectivity index (χ1) is 14.8. The van der Waals surface area contributed by atoms with Gasteiger partial charge in [-0.1, -0.05) is 26.2 Å². The Kier molecular flexibility index (Phi) is 10.1. The molecule has 1 amide bonds. The van der Waals surface area contributed by atoms with E-state index in [9.17, 15) is 4.79 Å². The quantitative estimate of drug-likeness (QED) is 0.406. The van der Waals surface area contributed by atoms with Gasteiger partial charge in [-0.3, -0.25) is 0 Å². The number of rotatable bonds is 9. The number of aromatic nitrogens is 3. The van der Waals surface area contributed by atoms with Gasteiger partial charge < -0.3 is 25.3 Å². The predicted octanol–water partition coefficient (Wildman–Crippen LogP) is 3.14. The molecule has 1 aromatic rings. The van der Waals surface area contributed by atoms with Crippen LogP contribution < -0.4 is 16.0 Å². The summed E-state index contributed by atoms with van der Waals surface area (Å²) in [5, 5.41) is 18.4. The standard InChI is InChI=1S/C22H41N7O2/c1-6-8-12-17(15-25-21(30)31-22(3,4)5)26-20(23-7-2)24-16-19-28-27-18-13-10-9-11-14-29(18)19/h17H,6-16H2,1-5H3,(H,25,30)(H2,23,24,26). The molecule has 0 aliphatic carbocycles. The number of ether oxygens (including phenoxy) is 1. The zero-order chi connectivity index (χ0) is 22.7. The third-order valence-corrected chi connectivity index (χ3v) is 5.05. The van der Waals surface area contributed by atoms with E-state index in [0.29, 0.717) is 13.1 Å². The van der Waals surface area contributed by atoms with Crippen LogP contribution >= 0.6 is 0 Å². The molecule has 0 radical (unpaired) electrons. The van der Waals surface area contributed by atoms with E-state index in [1.807, 2.05) is 27.7 Å². The number of aryl methyl sites for hydroxylation is 1. The van der Waals surface area contributed by atoms with Crippen molar-refractivity contribution in [3.63, 3.8) is 0 Å². The van der Waals surface area contributed by atoms with E-state index >= 15 is 0 Å². The molecule has 1 atom stereocenters. The number of guanidine groups is 1. The molecule has 0 saturated heterocycles. The van der Waals surface area contributed by atoms with Gasteiger partial charge in [-0.15, -0.1) is 10.2 Å². The lowest BCUT2D eigenvalue weighted by Gasteiger charge is -2.24. The average molecular weight is 436 g/mol. The first kappa shape index (κ1) is 24.9. The van der Waals surface area contributed by atoms with Gasteiger partial charge in [0.05, 0.1) is 0 Å². The second-order valence-electron chi connectivity index (χ2n) is 9.06. The maximum atomic E-state index is 12.1. The van der Waals surface area contributed by atoms with Crippen LogP contribution in [0.15, 0.2) is 4.99 Å². The van der Waals surface area contributed by atoms with Crippen LogP contribution in [0.1, 0.15) is 84.8 Å². The molecule has 0 aromatic carbocycles. The van der Waals surface area contributed by atoms with Crippen molar-refractivity contribution in [2.75, 3.05) is 13.1 Å². The van der Waals surface area contributed by atoms with Crippen LogP contribution in [0.25, 0.3) is 0 Å². The van der Waals surface area contributed by atoms with E-state index in [2.05, 4.69) is 37.6 Å². The van der Waals surface area contributed by atoms with Gasteiger partial charge in [0.15, 0.2) is 11.8 Å². The van der Waals surface area contributed by atoms with Crippen molar-refractivity contribution in [2.45, 2.75) is 104 Å². The highest BCUT2D eigenvalue weighted by Gasteiger charge is 2.18. The summed E-state index contributed by atoms with van der Waals surface area (Å²) in [5.41, 5.74) is -0.511. The maximum absolute atomic E-state index is 12.1. The minimum atomic E-state index is -0.511. The summed E-state index contributed by atoms with van der Waals surface area (Å²) in [6.07, 6.45) is 7.24. The summed E-state index contributed by atoms with van der Waals surface area (Å²) >= 11 is 0. The predicted molar refractivity (Wildman–Crippen MR) is 123 cm³/mol. The average Bonchev–Trinajstić information content (AvgIpc) is 2.92. The van der Waals surface area contributed by atoms with Crippen LogP contribution in [0.5, 0.6) is 0 Å². The summed E-state index contributed by atoms with van der Waals surface area (Å²) in [7, 11) is 0. The molecule has 0 fully saturated rings. The highest BCUT2D eigenvalue weighted by molar-refractivity contribution is 5.80. The normalized spacial score (nSPS) is 15.6. The van der Waals surface area contributed by atoms with Crippen LogP contribution in [0.4, 0.5) is 4.79 Å². The number of alkyl carbamates (subject to hydrolysis) is 1. The molecular weight excluding hydrogens is 394 g/mol. The summed E-state index contributed by atoms with van der Waals surface area (Å²) in [5.74, 6) is 2.70. The SMILES string of the molecule is CCCCC(CNC(=O)OC(C)(C)C)NC(=NCc1nnc2n1CCCCC2)NCC. The zero-order valence-corrected chi connectivity index (χ0v) is 20.0. The van der Waals surface area contributed by atoms with Crippen molar-refractivity contribution in [1.82, 2.24) is 30.7 Å².